The van der Waals surface area contributed by atoms with Gasteiger partial charge in [0.25, 0.3) is 5.91 Å². The molecule has 1 saturated heterocycles. The summed E-state index contributed by atoms with van der Waals surface area (Å²) in [6.07, 6.45) is 4.13. The molecule has 0 saturated carbocycles. The molecule has 0 radical (unpaired) electrons. The number of amides is 1. The quantitative estimate of drug-likeness (QED) is 0.936. The normalized spacial score (nSPS) is 17.9. The molecule has 1 amide bonds. The molecular weight excluding hydrogens is 312 g/mol. The van der Waals surface area contributed by atoms with Crippen molar-refractivity contribution in [2.75, 3.05) is 20.1 Å². The smallest absolute Gasteiger partial charge is 0.274 e. The van der Waals surface area contributed by atoms with Gasteiger partial charge in [-0.25, -0.2) is 0 Å². The van der Waals surface area contributed by atoms with Gasteiger partial charge in [0.15, 0.2) is 0 Å². The van der Waals surface area contributed by atoms with Gasteiger partial charge < -0.3 is 10.2 Å². The van der Waals surface area contributed by atoms with Crippen LogP contribution in [0.1, 0.15) is 34.9 Å². The molecule has 1 fully saturated rings. The number of aromatic nitrogens is 2. The molecule has 23 heavy (non-hydrogen) atoms. The minimum absolute atomic E-state index is 0.0903. The molecule has 1 aromatic heterocycles. The Kier molecular flexibility index (Phi) is 4.98. The van der Waals surface area contributed by atoms with E-state index >= 15 is 0 Å². The molecule has 0 bridgehead atoms. The van der Waals surface area contributed by atoms with E-state index in [4.69, 9.17) is 11.6 Å². The van der Waals surface area contributed by atoms with Gasteiger partial charge in [0.1, 0.15) is 5.69 Å². The zero-order valence-corrected chi connectivity index (χ0v) is 14.0. The van der Waals surface area contributed by atoms with Crippen molar-refractivity contribution in [1.29, 1.82) is 0 Å². The number of benzene rings is 1. The van der Waals surface area contributed by atoms with E-state index in [1.165, 1.54) is 0 Å². The number of nitrogens with one attached hydrogen (secondary N) is 1. The van der Waals surface area contributed by atoms with Crippen molar-refractivity contribution in [3.8, 4) is 0 Å². The lowest BCUT2D eigenvalue weighted by Crippen LogP contribution is -2.32. The maximum absolute atomic E-state index is 12.5. The molecule has 1 aliphatic rings. The topological polar surface area (TPSA) is 50.2 Å². The molecule has 0 spiro atoms. The standard InChI is InChI=1S/C17H21ClN4O/c1-21(12-13-5-2-3-7-15(13)18)17(23)16-8-10-22(20-16)14-6-4-9-19-11-14/h2-3,5,7-8,10,14,19H,4,6,9,11-12H2,1H3. The molecule has 1 unspecified atom stereocenters. The van der Waals surface area contributed by atoms with Crippen LogP contribution in [0.25, 0.3) is 0 Å². The van der Waals surface area contributed by atoms with Gasteiger partial charge in [-0.05, 0) is 37.1 Å². The van der Waals surface area contributed by atoms with Crippen LogP contribution in [0, 0.1) is 0 Å². The molecule has 0 aliphatic carbocycles. The van der Waals surface area contributed by atoms with Gasteiger partial charge in [-0.3, -0.25) is 9.48 Å². The second-order valence-electron chi connectivity index (χ2n) is 5.93. The Morgan fingerprint density at radius 2 is 2.26 bits per heavy atom. The van der Waals surface area contributed by atoms with E-state index in [-0.39, 0.29) is 5.91 Å². The fourth-order valence-electron chi connectivity index (χ4n) is 2.86. The van der Waals surface area contributed by atoms with Crippen molar-refractivity contribution in [2.45, 2.75) is 25.4 Å². The fraction of sp³-hybridized carbons (Fsp3) is 0.412. The van der Waals surface area contributed by atoms with E-state index in [2.05, 4.69) is 10.4 Å². The third kappa shape index (κ3) is 3.74. The van der Waals surface area contributed by atoms with Crippen LogP contribution in [0.2, 0.25) is 5.02 Å². The van der Waals surface area contributed by atoms with Gasteiger partial charge in [-0.15, -0.1) is 0 Å². The van der Waals surface area contributed by atoms with Crippen molar-refractivity contribution in [3.63, 3.8) is 0 Å². The first-order valence-electron chi connectivity index (χ1n) is 7.90. The summed E-state index contributed by atoms with van der Waals surface area (Å²) < 4.78 is 1.91. The van der Waals surface area contributed by atoms with Crippen molar-refractivity contribution in [2.24, 2.45) is 0 Å². The van der Waals surface area contributed by atoms with Crippen LogP contribution in [0.15, 0.2) is 36.5 Å². The molecule has 1 N–H and O–H groups in total. The van der Waals surface area contributed by atoms with Crippen LogP contribution in [0.3, 0.4) is 0 Å². The molecule has 2 aromatic rings. The molecular formula is C17H21ClN4O. The van der Waals surface area contributed by atoms with Crippen molar-refractivity contribution >= 4 is 17.5 Å². The zero-order chi connectivity index (χ0) is 16.2. The lowest BCUT2D eigenvalue weighted by molar-refractivity contribution is 0.0778. The summed E-state index contributed by atoms with van der Waals surface area (Å²) in [7, 11) is 1.77. The van der Waals surface area contributed by atoms with E-state index in [1.54, 1.807) is 18.0 Å². The van der Waals surface area contributed by atoms with Gasteiger partial charge in [0.2, 0.25) is 0 Å². The summed E-state index contributed by atoms with van der Waals surface area (Å²) in [5.74, 6) is -0.0903. The summed E-state index contributed by atoms with van der Waals surface area (Å²) in [6.45, 7) is 2.44. The van der Waals surface area contributed by atoms with Crippen molar-refractivity contribution in [1.82, 2.24) is 20.0 Å². The summed E-state index contributed by atoms with van der Waals surface area (Å²) >= 11 is 6.16. The zero-order valence-electron chi connectivity index (χ0n) is 13.2. The second-order valence-corrected chi connectivity index (χ2v) is 6.34. The third-order valence-corrected chi connectivity index (χ3v) is 4.55. The average Bonchev–Trinajstić information content (AvgIpc) is 3.07. The molecule has 3 rings (SSSR count). The average molecular weight is 333 g/mol. The third-order valence-electron chi connectivity index (χ3n) is 4.18. The van der Waals surface area contributed by atoms with E-state index < -0.39 is 0 Å². The molecule has 1 aromatic carbocycles. The maximum atomic E-state index is 12.5. The molecule has 1 aliphatic heterocycles. The SMILES string of the molecule is CN(Cc1ccccc1Cl)C(=O)c1ccn(C2CCCNC2)n1. The minimum Gasteiger partial charge on any atom is -0.336 e. The Balaban J connectivity index is 1.68. The van der Waals surface area contributed by atoms with Gasteiger partial charge in [0, 0.05) is 31.4 Å². The molecule has 5 nitrogen and oxygen atoms in total. The summed E-state index contributed by atoms with van der Waals surface area (Å²) in [5.41, 5.74) is 1.41. The van der Waals surface area contributed by atoms with E-state index in [1.807, 2.05) is 35.1 Å². The van der Waals surface area contributed by atoms with Crippen LogP contribution in [-0.4, -0.2) is 40.7 Å². The monoisotopic (exact) mass is 332 g/mol. The van der Waals surface area contributed by atoms with Crippen LogP contribution in [0.4, 0.5) is 0 Å². The number of piperidine rings is 1. The number of rotatable bonds is 4. The van der Waals surface area contributed by atoms with E-state index in [0.717, 1.165) is 31.5 Å². The maximum Gasteiger partial charge on any atom is 0.274 e. The first kappa shape index (κ1) is 16.0. The van der Waals surface area contributed by atoms with Crippen LogP contribution in [0.5, 0.6) is 0 Å². The Morgan fingerprint density at radius 3 is 3.00 bits per heavy atom. The molecule has 1 atom stereocenters. The van der Waals surface area contributed by atoms with Gasteiger partial charge >= 0.3 is 0 Å². The Bertz CT molecular complexity index is 679. The molecule has 122 valence electrons. The van der Waals surface area contributed by atoms with E-state index in [0.29, 0.717) is 23.3 Å². The highest BCUT2D eigenvalue weighted by molar-refractivity contribution is 6.31. The lowest BCUT2D eigenvalue weighted by Gasteiger charge is -2.23. The van der Waals surface area contributed by atoms with Crippen molar-refractivity contribution < 1.29 is 4.79 Å². The molecule has 6 heteroatoms. The fourth-order valence-corrected chi connectivity index (χ4v) is 3.06. The first-order valence-corrected chi connectivity index (χ1v) is 8.27. The number of hydrogen-bond donors (Lipinski definition) is 1. The highest BCUT2D eigenvalue weighted by Crippen LogP contribution is 2.18. The van der Waals surface area contributed by atoms with E-state index in [9.17, 15) is 4.79 Å². The summed E-state index contributed by atoms with van der Waals surface area (Å²) in [4.78, 5) is 14.2. The minimum atomic E-state index is -0.0903. The van der Waals surface area contributed by atoms with Crippen LogP contribution < -0.4 is 5.32 Å². The number of halogens is 1. The second kappa shape index (κ2) is 7.15. The molecule has 2 heterocycles. The van der Waals surface area contributed by atoms with Gasteiger partial charge in [-0.2, -0.15) is 5.10 Å². The van der Waals surface area contributed by atoms with Crippen LogP contribution in [-0.2, 0) is 6.54 Å². The number of carbonyl (C=O) groups is 1. The number of hydrogen-bond acceptors (Lipinski definition) is 3. The lowest BCUT2D eigenvalue weighted by atomic mass is 10.1. The summed E-state index contributed by atoms with van der Waals surface area (Å²) in [6, 6.07) is 9.69. The highest BCUT2D eigenvalue weighted by atomic mass is 35.5. The predicted octanol–water partition coefficient (Wildman–Crippen LogP) is 2.73. The largest absolute Gasteiger partial charge is 0.336 e. The van der Waals surface area contributed by atoms with Crippen LogP contribution >= 0.6 is 11.6 Å². The predicted molar refractivity (Wildman–Crippen MR) is 90.6 cm³/mol. The van der Waals surface area contributed by atoms with Crippen molar-refractivity contribution in [3.05, 3.63) is 52.8 Å². The first-order chi connectivity index (χ1) is 11.1. The number of carbonyl (C=O) groups excluding carboxylic acids is 1. The Morgan fingerprint density at radius 1 is 1.43 bits per heavy atom. The van der Waals surface area contributed by atoms with Gasteiger partial charge in [0.05, 0.1) is 6.04 Å². The highest BCUT2D eigenvalue weighted by Gasteiger charge is 2.20. The Labute approximate surface area is 141 Å². The summed E-state index contributed by atoms with van der Waals surface area (Å²) in [5, 5.41) is 8.51. The Hall–Kier alpha value is -1.85. The number of nitrogens with zero attached hydrogens (tertiary/aromatic N) is 3. The van der Waals surface area contributed by atoms with Gasteiger partial charge in [-0.1, -0.05) is 29.8 Å².